The van der Waals surface area contributed by atoms with Crippen LogP contribution < -0.4 is 9.80 Å². The molecule has 5 nitrogen and oxygen atoms in total. The molecule has 180 valence electrons. The molecule has 1 fully saturated rings. The van der Waals surface area contributed by atoms with Crippen LogP contribution in [0.4, 0.5) is 17.1 Å². The van der Waals surface area contributed by atoms with Gasteiger partial charge >= 0.3 is 0 Å². The lowest BCUT2D eigenvalue weighted by Crippen LogP contribution is -2.46. The van der Waals surface area contributed by atoms with Crippen molar-refractivity contribution < 1.29 is 0 Å². The molecule has 5 rings (SSSR count). The average molecular weight is 466 g/mol. The summed E-state index contributed by atoms with van der Waals surface area (Å²) in [5, 5.41) is 1.23. The highest BCUT2D eigenvalue weighted by Gasteiger charge is 2.27. The van der Waals surface area contributed by atoms with E-state index in [2.05, 4.69) is 100 Å². The topological polar surface area (TPSA) is 35.5 Å². The number of fused-ring (bicyclic) bond motifs is 1. The van der Waals surface area contributed by atoms with Gasteiger partial charge in [-0.15, -0.1) is 0 Å². The fourth-order valence-corrected chi connectivity index (χ4v) is 5.19. The number of rotatable bonds is 7. The number of benzene rings is 2. The Labute approximate surface area is 209 Å². The van der Waals surface area contributed by atoms with E-state index in [1.807, 2.05) is 30.7 Å². The van der Waals surface area contributed by atoms with Crippen molar-refractivity contribution in [1.82, 2.24) is 14.9 Å². The van der Waals surface area contributed by atoms with Crippen molar-refractivity contribution in [2.75, 3.05) is 29.9 Å². The highest BCUT2D eigenvalue weighted by atomic mass is 15.2. The van der Waals surface area contributed by atoms with Crippen molar-refractivity contribution in [2.45, 2.75) is 45.3 Å². The van der Waals surface area contributed by atoms with Crippen LogP contribution in [0, 0.1) is 0 Å². The molecule has 1 saturated heterocycles. The van der Waals surface area contributed by atoms with Gasteiger partial charge in [-0.25, -0.2) is 0 Å². The molecule has 0 saturated carbocycles. The Bertz CT molecular complexity index is 1230. The second kappa shape index (κ2) is 10.4. The Balaban J connectivity index is 1.42. The average Bonchev–Trinajstić information content (AvgIpc) is 2.92. The molecule has 0 unspecified atom stereocenters. The van der Waals surface area contributed by atoms with Crippen LogP contribution in [0.25, 0.3) is 10.9 Å². The number of pyridine rings is 2. The predicted molar refractivity (Wildman–Crippen MR) is 146 cm³/mol. The summed E-state index contributed by atoms with van der Waals surface area (Å²) in [6, 6.07) is 24.9. The Morgan fingerprint density at radius 1 is 0.857 bits per heavy atom. The molecule has 0 atom stereocenters. The third kappa shape index (κ3) is 5.15. The highest BCUT2D eigenvalue weighted by Crippen LogP contribution is 2.32. The van der Waals surface area contributed by atoms with Gasteiger partial charge in [0.15, 0.2) is 0 Å². The second-order valence-corrected chi connectivity index (χ2v) is 9.77. The first kappa shape index (κ1) is 23.3. The van der Waals surface area contributed by atoms with Crippen LogP contribution in [0.2, 0.25) is 0 Å². The van der Waals surface area contributed by atoms with Gasteiger partial charge in [0, 0.05) is 79.8 Å². The van der Waals surface area contributed by atoms with Gasteiger partial charge < -0.3 is 14.7 Å². The Hall–Kier alpha value is -3.44. The first-order chi connectivity index (χ1) is 17.1. The number of para-hydroxylation sites is 1. The summed E-state index contributed by atoms with van der Waals surface area (Å²) in [6.45, 7) is 7.80. The van der Waals surface area contributed by atoms with E-state index in [-0.39, 0.29) is 0 Å². The normalized spacial score (nSPS) is 15.0. The summed E-state index contributed by atoms with van der Waals surface area (Å²) < 4.78 is 0. The smallest absolute Gasteiger partial charge is 0.0722 e. The van der Waals surface area contributed by atoms with Crippen molar-refractivity contribution in [1.29, 1.82) is 0 Å². The van der Waals surface area contributed by atoms with Crippen molar-refractivity contribution >= 4 is 28.0 Å². The van der Waals surface area contributed by atoms with E-state index in [1.165, 1.54) is 35.2 Å². The zero-order chi connectivity index (χ0) is 24.2. The van der Waals surface area contributed by atoms with E-state index in [0.717, 1.165) is 30.8 Å². The largest absolute Gasteiger partial charge is 0.364 e. The SMILES string of the molecule is CC(C)N1CCC(N(Cc2ccc(N(C)c3ccncc3)cc2)c2ccnc3ccccc23)CC1. The molecule has 1 aliphatic rings. The molecular weight excluding hydrogens is 430 g/mol. The fraction of sp³-hybridized carbons (Fsp3) is 0.333. The Morgan fingerprint density at radius 3 is 2.26 bits per heavy atom. The van der Waals surface area contributed by atoms with Crippen molar-refractivity contribution in [3.05, 3.63) is 90.9 Å². The first-order valence-electron chi connectivity index (χ1n) is 12.7. The number of nitrogens with zero attached hydrogens (tertiary/aromatic N) is 5. The molecule has 0 N–H and O–H groups in total. The van der Waals surface area contributed by atoms with E-state index < -0.39 is 0 Å². The number of anilines is 3. The molecule has 35 heavy (non-hydrogen) atoms. The maximum atomic E-state index is 4.63. The first-order valence-corrected chi connectivity index (χ1v) is 12.7. The Kier molecular flexibility index (Phi) is 6.96. The lowest BCUT2D eigenvalue weighted by atomic mass is 9.99. The van der Waals surface area contributed by atoms with Crippen LogP contribution in [0.1, 0.15) is 32.3 Å². The molecule has 1 aliphatic heterocycles. The number of aromatic nitrogens is 2. The van der Waals surface area contributed by atoms with Gasteiger partial charge in [-0.1, -0.05) is 30.3 Å². The third-order valence-electron chi connectivity index (χ3n) is 7.33. The monoisotopic (exact) mass is 465 g/mol. The molecule has 0 aliphatic carbocycles. The lowest BCUT2D eigenvalue weighted by Gasteiger charge is -2.41. The minimum Gasteiger partial charge on any atom is -0.364 e. The summed E-state index contributed by atoms with van der Waals surface area (Å²) in [5.41, 5.74) is 5.98. The zero-order valence-corrected chi connectivity index (χ0v) is 21.0. The molecule has 2 aromatic carbocycles. The number of hydrogen-bond acceptors (Lipinski definition) is 5. The predicted octanol–water partition coefficient (Wildman–Crippen LogP) is 6.28. The van der Waals surface area contributed by atoms with Gasteiger partial charge in [-0.3, -0.25) is 9.97 Å². The van der Waals surface area contributed by atoms with Crippen LogP contribution >= 0.6 is 0 Å². The fourth-order valence-electron chi connectivity index (χ4n) is 5.19. The molecule has 4 aromatic rings. The van der Waals surface area contributed by atoms with E-state index in [4.69, 9.17) is 0 Å². The summed E-state index contributed by atoms with van der Waals surface area (Å²) in [6.07, 6.45) is 7.99. The molecule has 2 aromatic heterocycles. The van der Waals surface area contributed by atoms with E-state index in [9.17, 15) is 0 Å². The van der Waals surface area contributed by atoms with Crippen LogP contribution in [0.3, 0.4) is 0 Å². The van der Waals surface area contributed by atoms with Gasteiger partial charge in [0.25, 0.3) is 0 Å². The minimum atomic E-state index is 0.509. The summed E-state index contributed by atoms with van der Waals surface area (Å²) in [4.78, 5) is 16.2. The molecule has 0 radical (unpaired) electrons. The molecule has 5 heteroatoms. The standard InChI is InChI=1S/C30H35N5/c1-23(2)34-20-15-27(16-21-34)35(30-14-19-32-29-7-5-4-6-28(29)30)22-24-8-10-25(11-9-24)33(3)26-12-17-31-18-13-26/h4-14,17-19,23,27H,15-16,20-22H2,1-3H3. The van der Waals surface area contributed by atoms with Crippen LogP contribution in [-0.4, -0.2) is 47.1 Å². The molecule has 0 spiro atoms. The minimum absolute atomic E-state index is 0.509. The number of likely N-dealkylation sites (tertiary alicyclic amines) is 1. The van der Waals surface area contributed by atoms with Crippen molar-refractivity contribution in [3.8, 4) is 0 Å². The lowest BCUT2D eigenvalue weighted by molar-refractivity contribution is 0.169. The van der Waals surface area contributed by atoms with Gasteiger partial charge in [-0.05, 0) is 68.7 Å². The van der Waals surface area contributed by atoms with Gasteiger partial charge in [0.2, 0.25) is 0 Å². The maximum absolute atomic E-state index is 4.63. The van der Waals surface area contributed by atoms with Crippen LogP contribution in [-0.2, 0) is 6.54 Å². The van der Waals surface area contributed by atoms with E-state index in [0.29, 0.717) is 12.1 Å². The van der Waals surface area contributed by atoms with Gasteiger partial charge in [0.1, 0.15) is 0 Å². The van der Waals surface area contributed by atoms with Crippen LogP contribution in [0.5, 0.6) is 0 Å². The number of piperidine rings is 1. The summed E-state index contributed by atoms with van der Waals surface area (Å²) >= 11 is 0. The second-order valence-electron chi connectivity index (χ2n) is 9.77. The third-order valence-corrected chi connectivity index (χ3v) is 7.33. The van der Waals surface area contributed by atoms with E-state index in [1.54, 1.807) is 0 Å². The molecule has 0 bridgehead atoms. The highest BCUT2D eigenvalue weighted by molar-refractivity contribution is 5.91. The number of hydrogen-bond donors (Lipinski definition) is 0. The quantitative estimate of drug-likeness (QED) is 0.321. The maximum Gasteiger partial charge on any atom is 0.0722 e. The van der Waals surface area contributed by atoms with E-state index >= 15 is 0 Å². The summed E-state index contributed by atoms with van der Waals surface area (Å²) in [7, 11) is 2.10. The van der Waals surface area contributed by atoms with Crippen LogP contribution in [0.15, 0.2) is 85.3 Å². The van der Waals surface area contributed by atoms with Crippen molar-refractivity contribution in [3.63, 3.8) is 0 Å². The molecular formula is C30H35N5. The van der Waals surface area contributed by atoms with Gasteiger partial charge in [0.05, 0.1) is 5.52 Å². The summed E-state index contributed by atoms with van der Waals surface area (Å²) in [5.74, 6) is 0. The zero-order valence-electron chi connectivity index (χ0n) is 21.0. The Morgan fingerprint density at radius 2 is 1.54 bits per heavy atom. The van der Waals surface area contributed by atoms with Crippen molar-refractivity contribution in [2.24, 2.45) is 0 Å². The molecule has 0 amide bonds. The molecule has 3 heterocycles. The van der Waals surface area contributed by atoms with Gasteiger partial charge in [-0.2, -0.15) is 0 Å².